The van der Waals surface area contributed by atoms with Crippen molar-refractivity contribution in [2.45, 2.75) is 31.0 Å². The summed E-state index contributed by atoms with van der Waals surface area (Å²) >= 11 is 0. The minimum Gasteiger partial charge on any atom is -0.470 e. The van der Waals surface area contributed by atoms with E-state index >= 15 is 0 Å². The van der Waals surface area contributed by atoms with Crippen molar-refractivity contribution in [3.05, 3.63) is 24.7 Å². The largest absolute Gasteiger partial charge is 0.470 e. The van der Waals surface area contributed by atoms with Crippen molar-refractivity contribution in [1.82, 2.24) is 19.9 Å². The highest BCUT2D eigenvalue weighted by Crippen LogP contribution is 2.35. The third kappa shape index (κ3) is 2.05. The number of hydrogen-bond acceptors (Lipinski definition) is 5. The van der Waals surface area contributed by atoms with Crippen LogP contribution in [0.2, 0.25) is 0 Å². The van der Waals surface area contributed by atoms with Gasteiger partial charge in [-0.25, -0.2) is 9.50 Å². The lowest BCUT2D eigenvalue weighted by atomic mass is 9.89. The second-order valence-corrected chi connectivity index (χ2v) is 5.58. The normalized spacial score (nSPS) is 25.3. The van der Waals surface area contributed by atoms with Gasteiger partial charge in [-0.1, -0.05) is 0 Å². The summed E-state index contributed by atoms with van der Waals surface area (Å²) in [6.07, 6.45) is 8.46. The Labute approximate surface area is 117 Å². The van der Waals surface area contributed by atoms with E-state index < -0.39 is 0 Å². The molecule has 1 N–H and O–H groups in total. The molecule has 4 heterocycles. The Bertz CT molecular complexity index is 606. The van der Waals surface area contributed by atoms with Crippen molar-refractivity contribution < 1.29 is 9.47 Å². The van der Waals surface area contributed by atoms with Crippen molar-refractivity contribution >= 4 is 5.52 Å². The van der Waals surface area contributed by atoms with E-state index in [2.05, 4.69) is 15.4 Å². The number of nitrogens with zero attached hydrogens (tertiary/aromatic N) is 3. The van der Waals surface area contributed by atoms with E-state index in [-0.39, 0.29) is 11.7 Å². The number of nitrogens with one attached hydrogen (secondary N) is 1. The highest BCUT2D eigenvalue weighted by molar-refractivity contribution is 5.54. The minimum atomic E-state index is 0.0151. The molecule has 6 nitrogen and oxygen atoms in total. The van der Waals surface area contributed by atoms with Crippen LogP contribution in [0.4, 0.5) is 0 Å². The van der Waals surface area contributed by atoms with Gasteiger partial charge in [0, 0.05) is 18.8 Å². The molecule has 106 valence electrons. The topological polar surface area (TPSA) is 60.7 Å². The van der Waals surface area contributed by atoms with E-state index in [1.807, 2.05) is 12.3 Å². The first kappa shape index (κ1) is 12.1. The van der Waals surface area contributed by atoms with Gasteiger partial charge in [-0.2, -0.15) is 5.10 Å². The summed E-state index contributed by atoms with van der Waals surface area (Å²) in [5.74, 6) is 0.643. The molecule has 1 spiro atoms. The van der Waals surface area contributed by atoms with E-state index in [1.165, 1.54) is 0 Å². The summed E-state index contributed by atoms with van der Waals surface area (Å²) in [5, 5.41) is 7.57. The first-order valence-corrected chi connectivity index (χ1v) is 7.14. The van der Waals surface area contributed by atoms with Crippen LogP contribution >= 0.6 is 0 Å². The molecule has 0 saturated carbocycles. The fraction of sp³-hybridized carbons (Fsp3) is 0.571. The van der Waals surface area contributed by atoms with Gasteiger partial charge >= 0.3 is 0 Å². The molecule has 2 aliphatic heterocycles. The second kappa shape index (κ2) is 4.71. The maximum atomic E-state index is 6.06. The van der Waals surface area contributed by atoms with Crippen molar-refractivity contribution in [2.24, 2.45) is 0 Å². The standard InChI is InChI=1S/C14H18N4O2/c1-4-17-18-8-7-16-13(12(1)18)20-11-9-14(19-10-11)2-5-15-6-3-14/h1,4,7-8,11,15H,2-3,5-6,9-10H2. The van der Waals surface area contributed by atoms with Gasteiger partial charge in [-0.15, -0.1) is 0 Å². The summed E-state index contributed by atoms with van der Waals surface area (Å²) in [6, 6.07) is 1.92. The third-order valence-corrected chi connectivity index (χ3v) is 4.26. The summed E-state index contributed by atoms with van der Waals surface area (Å²) in [6.45, 7) is 2.71. The number of fused-ring (bicyclic) bond motifs is 1. The Hall–Kier alpha value is -1.66. The highest BCUT2D eigenvalue weighted by Gasteiger charge is 2.42. The van der Waals surface area contributed by atoms with E-state index in [4.69, 9.17) is 9.47 Å². The molecule has 2 aromatic heterocycles. The van der Waals surface area contributed by atoms with E-state index in [0.717, 1.165) is 37.9 Å². The zero-order chi connectivity index (χ0) is 13.4. The highest BCUT2D eigenvalue weighted by atomic mass is 16.6. The average Bonchev–Trinajstić information content (AvgIpc) is 3.08. The van der Waals surface area contributed by atoms with Crippen LogP contribution in [0.1, 0.15) is 19.3 Å². The van der Waals surface area contributed by atoms with Gasteiger partial charge in [0.25, 0.3) is 0 Å². The van der Waals surface area contributed by atoms with Crippen molar-refractivity contribution in [2.75, 3.05) is 19.7 Å². The van der Waals surface area contributed by atoms with Gasteiger partial charge in [0.1, 0.15) is 11.6 Å². The molecule has 2 saturated heterocycles. The molecule has 20 heavy (non-hydrogen) atoms. The molecule has 6 heteroatoms. The van der Waals surface area contributed by atoms with Crippen LogP contribution in [-0.2, 0) is 4.74 Å². The number of piperidine rings is 1. The number of hydrogen-bond donors (Lipinski definition) is 1. The Balaban J connectivity index is 1.51. The Kier molecular flexibility index (Phi) is 2.85. The minimum absolute atomic E-state index is 0.0151. The predicted molar refractivity (Wildman–Crippen MR) is 72.8 cm³/mol. The van der Waals surface area contributed by atoms with E-state index in [9.17, 15) is 0 Å². The quantitative estimate of drug-likeness (QED) is 0.886. The zero-order valence-corrected chi connectivity index (χ0v) is 11.3. The molecule has 0 amide bonds. The summed E-state index contributed by atoms with van der Waals surface area (Å²) < 4.78 is 13.9. The Morgan fingerprint density at radius 3 is 3.15 bits per heavy atom. The number of rotatable bonds is 2. The van der Waals surface area contributed by atoms with Crippen LogP contribution in [0, 0.1) is 0 Å². The lowest BCUT2D eigenvalue weighted by Crippen LogP contribution is -2.41. The van der Waals surface area contributed by atoms with Gasteiger partial charge in [0.15, 0.2) is 0 Å². The first-order chi connectivity index (χ1) is 9.85. The molecule has 0 aromatic carbocycles. The van der Waals surface area contributed by atoms with Crippen LogP contribution in [0.15, 0.2) is 24.7 Å². The fourth-order valence-corrected chi connectivity index (χ4v) is 3.19. The van der Waals surface area contributed by atoms with Crippen molar-refractivity contribution in [1.29, 1.82) is 0 Å². The van der Waals surface area contributed by atoms with Crippen LogP contribution < -0.4 is 10.1 Å². The molecule has 1 atom stereocenters. The lowest BCUT2D eigenvalue weighted by molar-refractivity contribution is -0.0205. The van der Waals surface area contributed by atoms with Crippen LogP contribution in [0.3, 0.4) is 0 Å². The molecule has 0 radical (unpaired) electrons. The molecular formula is C14H18N4O2. The first-order valence-electron chi connectivity index (χ1n) is 7.14. The van der Waals surface area contributed by atoms with Gasteiger partial charge in [0.2, 0.25) is 5.88 Å². The predicted octanol–water partition coefficient (Wildman–Crippen LogP) is 1.02. The van der Waals surface area contributed by atoms with Crippen molar-refractivity contribution in [3.8, 4) is 5.88 Å². The molecule has 4 rings (SSSR count). The molecule has 2 fully saturated rings. The van der Waals surface area contributed by atoms with E-state index in [0.29, 0.717) is 12.5 Å². The molecular weight excluding hydrogens is 256 g/mol. The van der Waals surface area contributed by atoms with Crippen LogP contribution in [-0.4, -0.2) is 46.0 Å². The third-order valence-electron chi connectivity index (χ3n) is 4.26. The smallest absolute Gasteiger partial charge is 0.240 e. The van der Waals surface area contributed by atoms with Crippen LogP contribution in [0.5, 0.6) is 5.88 Å². The van der Waals surface area contributed by atoms with Crippen molar-refractivity contribution in [3.63, 3.8) is 0 Å². The van der Waals surface area contributed by atoms with Gasteiger partial charge in [0.05, 0.1) is 18.4 Å². The van der Waals surface area contributed by atoms with Gasteiger partial charge in [-0.05, 0) is 32.0 Å². The Morgan fingerprint density at radius 2 is 2.25 bits per heavy atom. The summed E-state index contributed by atoms with van der Waals surface area (Å²) in [4.78, 5) is 4.33. The fourth-order valence-electron chi connectivity index (χ4n) is 3.19. The lowest BCUT2D eigenvalue weighted by Gasteiger charge is -2.32. The van der Waals surface area contributed by atoms with Crippen LogP contribution in [0.25, 0.3) is 5.52 Å². The molecule has 0 aliphatic carbocycles. The maximum absolute atomic E-state index is 6.06. The second-order valence-electron chi connectivity index (χ2n) is 5.58. The zero-order valence-electron chi connectivity index (χ0n) is 11.3. The SMILES string of the molecule is c1cn2nccc2c(OC2COC3(CCNCC3)C2)n1. The van der Waals surface area contributed by atoms with Gasteiger partial charge < -0.3 is 14.8 Å². The van der Waals surface area contributed by atoms with E-state index in [1.54, 1.807) is 16.9 Å². The monoisotopic (exact) mass is 274 g/mol. The molecule has 0 bridgehead atoms. The average molecular weight is 274 g/mol. The maximum Gasteiger partial charge on any atom is 0.240 e. The number of aromatic nitrogens is 3. The molecule has 2 aliphatic rings. The molecule has 1 unspecified atom stereocenters. The number of ether oxygens (including phenoxy) is 2. The molecule has 2 aromatic rings. The summed E-state index contributed by atoms with van der Waals surface area (Å²) in [7, 11) is 0. The summed E-state index contributed by atoms with van der Waals surface area (Å²) in [5.41, 5.74) is 0.917. The van der Waals surface area contributed by atoms with Gasteiger partial charge in [-0.3, -0.25) is 0 Å². The Morgan fingerprint density at radius 1 is 1.35 bits per heavy atom.